The minimum atomic E-state index is -1.59. The first-order valence-electron chi connectivity index (χ1n) is 7.71. The fourth-order valence-corrected chi connectivity index (χ4v) is 2.29. The van der Waals surface area contributed by atoms with Crippen molar-refractivity contribution in [3.8, 4) is 0 Å². The van der Waals surface area contributed by atoms with Crippen LogP contribution in [-0.4, -0.2) is 23.9 Å². The number of hydrogen-bond acceptors (Lipinski definition) is 2. The van der Waals surface area contributed by atoms with E-state index >= 15 is 0 Å². The molecule has 128 valence electrons. The van der Waals surface area contributed by atoms with Crippen LogP contribution < -0.4 is 5.32 Å². The Labute approximate surface area is 139 Å². The van der Waals surface area contributed by atoms with Gasteiger partial charge in [0.05, 0.1) is 5.69 Å². The zero-order valence-electron chi connectivity index (χ0n) is 13.4. The van der Waals surface area contributed by atoms with Crippen molar-refractivity contribution in [3.63, 3.8) is 0 Å². The van der Waals surface area contributed by atoms with Gasteiger partial charge in [-0.2, -0.15) is 0 Å². The molecule has 24 heavy (non-hydrogen) atoms. The van der Waals surface area contributed by atoms with Crippen molar-refractivity contribution < 1.29 is 18.0 Å². The van der Waals surface area contributed by atoms with Crippen LogP contribution in [-0.2, 0) is 11.3 Å². The van der Waals surface area contributed by atoms with Crippen LogP contribution in [0.25, 0.3) is 0 Å². The van der Waals surface area contributed by atoms with Gasteiger partial charge in [-0.1, -0.05) is 37.3 Å². The molecule has 2 rings (SSSR count). The summed E-state index contributed by atoms with van der Waals surface area (Å²) in [4.78, 5) is 14.0. The molecule has 0 bridgehead atoms. The van der Waals surface area contributed by atoms with Gasteiger partial charge in [0.1, 0.15) is 0 Å². The summed E-state index contributed by atoms with van der Waals surface area (Å²) in [5.74, 6) is -4.72. The highest BCUT2D eigenvalue weighted by molar-refractivity contribution is 5.90. The van der Waals surface area contributed by atoms with E-state index in [4.69, 9.17) is 0 Å². The van der Waals surface area contributed by atoms with Crippen LogP contribution in [0.3, 0.4) is 0 Å². The molecule has 2 aromatic rings. The lowest BCUT2D eigenvalue weighted by Gasteiger charge is -2.20. The SMILES string of the molecule is CCN(CCC(=O)Nc1ccc(F)c(F)c1F)Cc1ccccc1. The fraction of sp³-hybridized carbons (Fsp3) is 0.278. The van der Waals surface area contributed by atoms with Crippen LogP contribution in [0.15, 0.2) is 42.5 Å². The van der Waals surface area contributed by atoms with Crippen LogP contribution in [0.5, 0.6) is 0 Å². The van der Waals surface area contributed by atoms with E-state index in [0.29, 0.717) is 13.1 Å². The second-order valence-electron chi connectivity index (χ2n) is 5.38. The fourth-order valence-electron chi connectivity index (χ4n) is 2.29. The molecule has 6 heteroatoms. The van der Waals surface area contributed by atoms with Gasteiger partial charge < -0.3 is 5.32 Å². The van der Waals surface area contributed by atoms with E-state index in [-0.39, 0.29) is 12.1 Å². The Balaban J connectivity index is 1.89. The molecule has 0 aromatic heterocycles. The lowest BCUT2D eigenvalue weighted by atomic mass is 10.2. The number of anilines is 1. The predicted octanol–water partition coefficient (Wildman–Crippen LogP) is 3.95. The van der Waals surface area contributed by atoms with Gasteiger partial charge >= 0.3 is 0 Å². The number of halogens is 3. The standard InChI is InChI=1S/C18H19F3N2O/c1-2-23(12-13-6-4-3-5-7-13)11-10-16(24)22-15-9-8-14(19)17(20)18(15)21/h3-9H,2,10-12H2,1H3,(H,22,24). The molecule has 0 radical (unpaired) electrons. The largest absolute Gasteiger partial charge is 0.323 e. The third-order valence-corrected chi connectivity index (χ3v) is 3.66. The molecule has 0 aliphatic heterocycles. The summed E-state index contributed by atoms with van der Waals surface area (Å²) in [7, 11) is 0. The highest BCUT2D eigenvalue weighted by Crippen LogP contribution is 2.19. The van der Waals surface area contributed by atoms with Crippen molar-refractivity contribution in [1.82, 2.24) is 4.90 Å². The molecule has 0 unspecified atom stereocenters. The summed E-state index contributed by atoms with van der Waals surface area (Å²) in [6, 6.07) is 11.6. The van der Waals surface area contributed by atoms with Crippen molar-refractivity contribution in [2.24, 2.45) is 0 Å². The summed E-state index contributed by atoms with van der Waals surface area (Å²) in [6.45, 7) is 3.91. The minimum Gasteiger partial charge on any atom is -0.323 e. The van der Waals surface area contributed by atoms with E-state index in [1.54, 1.807) is 0 Å². The van der Waals surface area contributed by atoms with Crippen LogP contribution in [0.4, 0.5) is 18.9 Å². The zero-order valence-corrected chi connectivity index (χ0v) is 13.4. The van der Waals surface area contributed by atoms with E-state index in [1.165, 1.54) is 0 Å². The summed E-state index contributed by atoms with van der Waals surface area (Å²) >= 11 is 0. The molecule has 0 saturated heterocycles. The van der Waals surface area contributed by atoms with E-state index in [1.807, 2.05) is 37.3 Å². The molecule has 1 N–H and O–H groups in total. The number of carbonyl (C=O) groups is 1. The lowest BCUT2D eigenvalue weighted by molar-refractivity contribution is -0.116. The summed E-state index contributed by atoms with van der Waals surface area (Å²) in [5, 5.41) is 2.27. The quantitative estimate of drug-likeness (QED) is 0.777. The molecule has 0 aliphatic rings. The molecule has 3 nitrogen and oxygen atoms in total. The summed E-state index contributed by atoms with van der Waals surface area (Å²) in [6.07, 6.45) is 0.124. The molecule has 0 heterocycles. The molecule has 1 amide bonds. The molecular formula is C18H19F3N2O. The van der Waals surface area contributed by atoms with Crippen LogP contribution in [0.1, 0.15) is 18.9 Å². The van der Waals surface area contributed by atoms with Crippen LogP contribution >= 0.6 is 0 Å². The van der Waals surface area contributed by atoms with Gasteiger partial charge in [0, 0.05) is 19.5 Å². The maximum Gasteiger partial charge on any atom is 0.225 e. The van der Waals surface area contributed by atoms with E-state index in [0.717, 1.165) is 24.2 Å². The average Bonchev–Trinajstić information content (AvgIpc) is 2.60. The number of benzene rings is 2. The van der Waals surface area contributed by atoms with Gasteiger partial charge in [-0.05, 0) is 24.2 Å². The predicted molar refractivity (Wildman–Crippen MR) is 87.0 cm³/mol. The third kappa shape index (κ3) is 4.83. The van der Waals surface area contributed by atoms with Crippen LogP contribution in [0, 0.1) is 17.5 Å². The van der Waals surface area contributed by atoms with E-state index in [9.17, 15) is 18.0 Å². The minimum absolute atomic E-state index is 0.124. The van der Waals surface area contributed by atoms with Crippen molar-refractivity contribution in [2.45, 2.75) is 19.9 Å². The summed E-state index contributed by atoms with van der Waals surface area (Å²) in [5.41, 5.74) is 0.774. The monoisotopic (exact) mass is 336 g/mol. The molecule has 0 atom stereocenters. The Morgan fingerprint density at radius 2 is 1.75 bits per heavy atom. The average molecular weight is 336 g/mol. The Bertz CT molecular complexity index is 692. The van der Waals surface area contributed by atoms with E-state index < -0.39 is 23.4 Å². The van der Waals surface area contributed by atoms with Gasteiger partial charge in [-0.25, -0.2) is 13.2 Å². The highest BCUT2D eigenvalue weighted by Gasteiger charge is 2.15. The topological polar surface area (TPSA) is 32.3 Å². The van der Waals surface area contributed by atoms with E-state index in [2.05, 4.69) is 10.2 Å². The van der Waals surface area contributed by atoms with Crippen LogP contribution in [0.2, 0.25) is 0 Å². The molecular weight excluding hydrogens is 317 g/mol. The maximum atomic E-state index is 13.5. The first-order chi connectivity index (χ1) is 11.5. The second kappa shape index (κ2) is 8.49. The number of nitrogens with zero attached hydrogens (tertiary/aromatic N) is 1. The molecule has 0 spiro atoms. The Hall–Kier alpha value is -2.34. The van der Waals surface area contributed by atoms with Crippen molar-refractivity contribution in [3.05, 3.63) is 65.5 Å². The summed E-state index contributed by atoms with van der Waals surface area (Å²) < 4.78 is 39.5. The van der Waals surface area contributed by atoms with Crippen molar-refractivity contribution in [1.29, 1.82) is 0 Å². The number of rotatable bonds is 7. The molecule has 0 fully saturated rings. The molecule has 2 aromatic carbocycles. The van der Waals surface area contributed by atoms with Crippen molar-refractivity contribution in [2.75, 3.05) is 18.4 Å². The maximum absolute atomic E-state index is 13.5. The van der Waals surface area contributed by atoms with Crippen molar-refractivity contribution >= 4 is 11.6 Å². The Kier molecular flexibility index (Phi) is 6.37. The number of hydrogen-bond donors (Lipinski definition) is 1. The normalized spacial score (nSPS) is 10.9. The van der Waals surface area contributed by atoms with Gasteiger partial charge in [0.25, 0.3) is 0 Å². The Morgan fingerprint density at radius 1 is 1.04 bits per heavy atom. The van der Waals surface area contributed by atoms with Gasteiger partial charge in [-0.15, -0.1) is 0 Å². The zero-order chi connectivity index (χ0) is 17.5. The number of carbonyl (C=O) groups excluding carboxylic acids is 1. The number of amides is 1. The number of nitrogens with one attached hydrogen (secondary N) is 1. The second-order valence-corrected chi connectivity index (χ2v) is 5.38. The molecule has 0 aliphatic carbocycles. The lowest BCUT2D eigenvalue weighted by Crippen LogP contribution is -2.27. The van der Waals surface area contributed by atoms with Gasteiger partial charge in [-0.3, -0.25) is 9.69 Å². The van der Waals surface area contributed by atoms with Gasteiger partial charge in [0.15, 0.2) is 17.5 Å². The smallest absolute Gasteiger partial charge is 0.225 e. The first kappa shape index (κ1) is 18.0. The first-order valence-corrected chi connectivity index (χ1v) is 7.71. The van der Waals surface area contributed by atoms with Gasteiger partial charge in [0.2, 0.25) is 5.91 Å². The third-order valence-electron chi connectivity index (χ3n) is 3.66. The Morgan fingerprint density at radius 3 is 2.42 bits per heavy atom. The highest BCUT2D eigenvalue weighted by atomic mass is 19.2. The molecule has 0 saturated carbocycles.